The lowest BCUT2D eigenvalue weighted by Crippen LogP contribution is -2.04. The van der Waals surface area contributed by atoms with E-state index in [4.69, 9.17) is 16.1 Å². The Morgan fingerprint density at radius 1 is 1.37 bits per heavy atom. The van der Waals surface area contributed by atoms with Crippen molar-refractivity contribution >= 4 is 22.6 Å². The maximum absolute atomic E-state index is 13.4. The molecule has 0 amide bonds. The van der Waals surface area contributed by atoms with Crippen molar-refractivity contribution in [1.82, 2.24) is 14.7 Å². The third kappa shape index (κ3) is 2.21. The monoisotopic (exact) mass is 279 g/mol. The zero-order chi connectivity index (χ0) is 13.4. The fourth-order valence-corrected chi connectivity index (χ4v) is 2.28. The van der Waals surface area contributed by atoms with Crippen LogP contribution in [0.5, 0.6) is 0 Å². The lowest BCUT2D eigenvalue weighted by molar-refractivity contribution is 0.389. The summed E-state index contributed by atoms with van der Waals surface area (Å²) in [6.45, 7) is 2.28. The second-order valence-corrected chi connectivity index (χ2v) is 4.58. The number of fused-ring (bicyclic) bond motifs is 1. The molecule has 0 aliphatic carbocycles. The van der Waals surface area contributed by atoms with Gasteiger partial charge in [0.25, 0.3) is 0 Å². The van der Waals surface area contributed by atoms with E-state index < -0.39 is 0 Å². The van der Waals surface area contributed by atoms with Crippen LogP contribution in [0.2, 0.25) is 0 Å². The minimum atomic E-state index is -0.300. The van der Waals surface area contributed by atoms with E-state index >= 15 is 0 Å². The molecule has 0 aliphatic rings. The highest BCUT2D eigenvalue weighted by atomic mass is 35.5. The van der Waals surface area contributed by atoms with Crippen LogP contribution in [0.3, 0.4) is 0 Å². The number of imidazole rings is 1. The molecule has 2 heterocycles. The van der Waals surface area contributed by atoms with Gasteiger partial charge < -0.3 is 9.09 Å². The summed E-state index contributed by atoms with van der Waals surface area (Å²) in [6, 6.07) is 6.32. The molecule has 6 heteroatoms. The van der Waals surface area contributed by atoms with Gasteiger partial charge >= 0.3 is 0 Å². The van der Waals surface area contributed by atoms with Gasteiger partial charge in [0.05, 0.1) is 23.5 Å². The Bertz CT molecular complexity index is 735. The van der Waals surface area contributed by atoms with Gasteiger partial charge in [-0.15, -0.1) is 11.6 Å². The number of hydrogen-bond acceptors (Lipinski definition) is 3. The van der Waals surface area contributed by atoms with E-state index in [1.54, 1.807) is 6.07 Å². The molecule has 1 aromatic carbocycles. The maximum atomic E-state index is 13.4. The number of nitrogens with zero attached hydrogens (tertiary/aromatic N) is 3. The highest BCUT2D eigenvalue weighted by Gasteiger charge is 2.12. The van der Waals surface area contributed by atoms with Crippen LogP contribution in [-0.4, -0.2) is 14.7 Å². The first-order valence-corrected chi connectivity index (χ1v) is 6.33. The van der Waals surface area contributed by atoms with E-state index in [1.807, 2.05) is 17.6 Å². The van der Waals surface area contributed by atoms with Crippen LogP contribution in [-0.2, 0) is 12.4 Å². The molecule has 19 heavy (non-hydrogen) atoms. The topological polar surface area (TPSA) is 43.9 Å². The highest BCUT2D eigenvalue weighted by Crippen LogP contribution is 2.20. The minimum absolute atomic E-state index is 0.257. The van der Waals surface area contributed by atoms with Crippen molar-refractivity contribution in [3.63, 3.8) is 0 Å². The Morgan fingerprint density at radius 2 is 2.21 bits per heavy atom. The van der Waals surface area contributed by atoms with Gasteiger partial charge in [-0.1, -0.05) is 5.16 Å². The fourth-order valence-electron chi connectivity index (χ4n) is 2.08. The van der Waals surface area contributed by atoms with Gasteiger partial charge in [0.1, 0.15) is 23.1 Å². The third-order valence-electron chi connectivity index (χ3n) is 2.91. The largest absolute Gasteiger partial charge is 0.361 e. The van der Waals surface area contributed by atoms with Crippen LogP contribution < -0.4 is 0 Å². The van der Waals surface area contributed by atoms with Gasteiger partial charge in [0.15, 0.2) is 0 Å². The number of rotatable bonds is 3. The van der Waals surface area contributed by atoms with Crippen LogP contribution in [0.4, 0.5) is 4.39 Å². The molecule has 3 rings (SSSR count). The Balaban J connectivity index is 2.12. The van der Waals surface area contributed by atoms with Crippen LogP contribution >= 0.6 is 11.6 Å². The van der Waals surface area contributed by atoms with E-state index in [2.05, 4.69) is 10.1 Å². The summed E-state index contributed by atoms with van der Waals surface area (Å²) >= 11 is 5.89. The number of benzene rings is 1. The summed E-state index contributed by atoms with van der Waals surface area (Å²) < 4.78 is 20.2. The first-order valence-electron chi connectivity index (χ1n) is 5.80. The van der Waals surface area contributed by atoms with Crippen LogP contribution in [0.1, 0.15) is 17.3 Å². The Morgan fingerprint density at radius 3 is 2.89 bits per heavy atom. The maximum Gasteiger partial charge on any atom is 0.133 e. The predicted octanol–water partition coefficient (Wildman–Crippen LogP) is 3.26. The van der Waals surface area contributed by atoms with Crippen LogP contribution in [0.15, 0.2) is 28.8 Å². The molecule has 0 aliphatic heterocycles. The van der Waals surface area contributed by atoms with Crippen molar-refractivity contribution in [2.75, 3.05) is 0 Å². The lowest BCUT2D eigenvalue weighted by Gasteiger charge is -2.04. The van der Waals surface area contributed by atoms with Crippen LogP contribution in [0.25, 0.3) is 11.0 Å². The molecule has 3 aromatic rings. The van der Waals surface area contributed by atoms with E-state index in [0.29, 0.717) is 17.9 Å². The molecule has 0 saturated carbocycles. The van der Waals surface area contributed by atoms with E-state index in [1.165, 1.54) is 12.1 Å². The summed E-state index contributed by atoms with van der Waals surface area (Å²) in [5, 5.41) is 3.93. The van der Waals surface area contributed by atoms with E-state index in [9.17, 15) is 4.39 Å². The summed E-state index contributed by atoms with van der Waals surface area (Å²) in [5.74, 6) is 1.37. The molecule has 4 nitrogen and oxygen atoms in total. The molecule has 98 valence electrons. The van der Waals surface area contributed by atoms with Crippen molar-refractivity contribution < 1.29 is 8.91 Å². The molecule has 0 N–H and O–H groups in total. The number of hydrogen-bond donors (Lipinski definition) is 0. The van der Waals surface area contributed by atoms with Crippen LogP contribution in [0, 0.1) is 12.7 Å². The van der Waals surface area contributed by atoms with Crippen molar-refractivity contribution in [3.8, 4) is 0 Å². The number of aryl methyl sites for hydroxylation is 1. The van der Waals surface area contributed by atoms with E-state index in [0.717, 1.165) is 17.0 Å². The predicted molar refractivity (Wildman–Crippen MR) is 69.6 cm³/mol. The minimum Gasteiger partial charge on any atom is -0.361 e. The fraction of sp³-hybridized carbons (Fsp3) is 0.231. The first kappa shape index (κ1) is 12.2. The van der Waals surface area contributed by atoms with Gasteiger partial charge in [-0.05, 0) is 25.1 Å². The average Bonchev–Trinajstić information content (AvgIpc) is 2.94. The molecule has 0 saturated heterocycles. The zero-order valence-electron chi connectivity index (χ0n) is 10.2. The summed E-state index contributed by atoms with van der Waals surface area (Å²) in [6.07, 6.45) is 0. The second kappa shape index (κ2) is 4.66. The first-order chi connectivity index (χ1) is 9.17. The highest BCUT2D eigenvalue weighted by molar-refractivity contribution is 6.16. The molecule has 0 spiro atoms. The Hall–Kier alpha value is -1.88. The standard InChI is InChI=1S/C13H11ClFN3O/c1-8-4-10(17-19-8)7-18-12-5-9(15)2-3-11(12)16-13(18)6-14/h2-5H,6-7H2,1H3. The number of alkyl halides is 1. The van der Waals surface area contributed by atoms with Gasteiger partial charge in [-0.3, -0.25) is 0 Å². The Labute approximate surface area is 113 Å². The van der Waals surface area contributed by atoms with Crippen molar-refractivity contribution in [2.45, 2.75) is 19.3 Å². The summed E-state index contributed by atoms with van der Waals surface area (Å²) in [7, 11) is 0. The summed E-state index contributed by atoms with van der Waals surface area (Å²) in [4.78, 5) is 4.38. The van der Waals surface area contributed by atoms with Gasteiger partial charge in [0.2, 0.25) is 0 Å². The van der Waals surface area contributed by atoms with E-state index in [-0.39, 0.29) is 11.7 Å². The SMILES string of the molecule is Cc1cc(Cn2c(CCl)nc3ccc(F)cc32)no1. The van der Waals surface area contributed by atoms with Crippen molar-refractivity contribution in [3.05, 3.63) is 47.4 Å². The molecule has 0 atom stereocenters. The number of aromatic nitrogens is 3. The molecule has 0 unspecified atom stereocenters. The molecule has 0 bridgehead atoms. The normalized spacial score (nSPS) is 11.3. The molecule has 0 radical (unpaired) electrons. The van der Waals surface area contributed by atoms with Gasteiger partial charge in [0, 0.05) is 6.07 Å². The zero-order valence-corrected chi connectivity index (χ0v) is 11.0. The van der Waals surface area contributed by atoms with Gasteiger partial charge in [-0.25, -0.2) is 9.37 Å². The lowest BCUT2D eigenvalue weighted by atomic mass is 10.3. The number of halogens is 2. The molecule has 2 aromatic heterocycles. The Kier molecular flexibility index (Phi) is 2.98. The molecule has 0 fully saturated rings. The summed E-state index contributed by atoms with van der Waals surface area (Å²) in [5.41, 5.74) is 2.18. The quantitative estimate of drug-likeness (QED) is 0.691. The molecular weight excluding hydrogens is 269 g/mol. The second-order valence-electron chi connectivity index (χ2n) is 4.31. The average molecular weight is 280 g/mol. The van der Waals surface area contributed by atoms with Gasteiger partial charge in [-0.2, -0.15) is 0 Å². The molecular formula is C13H11ClFN3O. The third-order valence-corrected chi connectivity index (χ3v) is 3.14. The van der Waals surface area contributed by atoms with Crippen molar-refractivity contribution in [2.24, 2.45) is 0 Å². The van der Waals surface area contributed by atoms with Crippen molar-refractivity contribution in [1.29, 1.82) is 0 Å². The smallest absolute Gasteiger partial charge is 0.133 e.